The molecule has 1 fully saturated rings. The number of nitrogens with zero attached hydrogens (tertiary/aromatic N) is 3. The van der Waals surface area contributed by atoms with E-state index in [1.54, 1.807) is 47.0 Å². The SMILES string of the molecule is NNC(=O)c1ccc(CN(C(=O)N2CCSCC2)c2ccccc2F)nc1. The Kier molecular flexibility index (Phi) is 6.25. The molecule has 2 heterocycles. The Hall–Kier alpha value is -2.65. The molecule has 2 aromatic rings. The summed E-state index contributed by atoms with van der Waals surface area (Å²) in [4.78, 5) is 31.9. The van der Waals surface area contributed by atoms with E-state index in [-0.39, 0.29) is 18.3 Å². The highest BCUT2D eigenvalue weighted by Crippen LogP contribution is 2.23. The van der Waals surface area contributed by atoms with Crippen molar-refractivity contribution in [2.45, 2.75) is 6.54 Å². The fourth-order valence-corrected chi connectivity index (χ4v) is 3.65. The van der Waals surface area contributed by atoms with Crippen LogP contribution < -0.4 is 16.2 Å². The van der Waals surface area contributed by atoms with Crippen LogP contribution in [0.15, 0.2) is 42.6 Å². The van der Waals surface area contributed by atoms with E-state index in [0.29, 0.717) is 24.3 Å². The van der Waals surface area contributed by atoms with Crippen LogP contribution in [0, 0.1) is 5.82 Å². The average Bonchev–Trinajstić information content (AvgIpc) is 2.72. The number of thioether (sulfide) groups is 1. The lowest BCUT2D eigenvalue weighted by Gasteiger charge is -2.33. The van der Waals surface area contributed by atoms with Gasteiger partial charge in [-0.05, 0) is 24.3 Å². The van der Waals surface area contributed by atoms with Crippen LogP contribution in [0.4, 0.5) is 14.9 Å². The van der Waals surface area contributed by atoms with Crippen LogP contribution in [0.2, 0.25) is 0 Å². The fraction of sp³-hybridized carbons (Fsp3) is 0.278. The summed E-state index contributed by atoms with van der Waals surface area (Å²) in [6.07, 6.45) is 1.37. The van der Waals surface area contributed by atoms with Crippen LogP contribution in [-0.2, 0) is 6.54 Å². The zero-order valence-electron chi connectivity index (χ0n) is 14.6. The van der Waals surface area contributed by atoms with Crippen molar-refractivity contribution in [3.63, 3.8) is 0 Å². The lowest BCUT2D eigenvalue weighted by atomic mass is 10.2. The van der Waals surface area contributed by atoms with Crippen molar-refractivity contribution in [2.24, 2.45) is 5.84 Å². The number of benzene rings is 1. The molecule has 7 nitrogen and oxygen atoms in total. The Bertz CT molecular complexity index is 812. The van der Waals surface area contributed by atoms with Crippen LogP contribution in [0.5, 0.6) is 0 Å². The quantitative estimate of drug-likeness (QED) is 0.474. The van der Waals surface area contributed by atoms with Crippen LogP contribution in [-0.4, -0.2) is 46.4 Å². The molecule has 27 heavy (non-hydrogen) atoms. The van der Waals surface area contributed by atoms with Crippen molar-refractivity contribution < 1.29 is 14.0 Å². The van der Waals surface area contributed by atoms with Crippen LogP contribution in [0.25, 0.3) is 0 Å². The van der Waals surface area contributed by atoms with Gasteiger partial charge < -0.3 is 4.90 Å². The number of aromatic nitrogens is 1. The third-order valence-corrected chi connectivity index (χ3v) is 5.14. The van der Waals surface area contributed by atoms with Crippen LogP contribution in [0.1, 0.15) is 16.1 Å². The summed E-state index contributed by atoms with van der Waals surface area (Å²) in [6.45, 7) is 1.34. The van der Waals surface area contributed by atoms with Gasteiger partial charge in [-0.2, -0.15) is 11.8 Å². The second kappa shape index (κ2) is 8.83. The molecule has 1 aromatic heterocycles. The summed E-state index contributed by atoms with van der Waals surface area (Å²) in [6, 6.07) is 9.09. The summed E-state index contributed by atoms with van der Waals surface area (Å²) in [7, 11) is 0. The Morgan fingerprint density at radius 3 is 2.59 bits per heavy atom. The van der Waals surface area contributed by atoms with Crippen LogP contribution >= 0.6 is 11.8 Å². The van der Waals surface area contributed by atoms with Crippen molar-refractivity contribution >= 4 is 29.4 Å². The van der Waals surface area contributed by atoms with Gasteiger partial charge in [0.25, 0.3) is 5.91 Å². The van der Waals surface area contributed by atoms with E-state index in [4.69, 9.17) is 5.84 Å². The normalized spacial score (nSPS) is 13.9. The number of para-hydroxylation sites is 1. The minimum atomic E-state index is -0.476. The number of hydrogen-bond acceptors (Lipinski definition) is 5. The minimum Gasteiger partial charge on any atom is -0.323 e. The maximum absolute atomic E-state index is 14.4. The molecule has 0 saturated carbocycles. The van der Waals surface area contributed by atoms with E-state index >= 15 is 0 Å². The molecule has 1 aromatic carbocycles. The fourth-order valence-electron chi connectivity index (χ4n) is 2.75. The van der Waals surface area contributed by atoms with E-state index < -0.39 is 11.7 Å². The number of urea groups is 1. The molecule has 0 unspecified atom stereocenters. The molecule has 1 aliphatic heterocycles. The molecule has 0 bridgehead atoms. The largest absolute Gasteiger partial charge is 0.324 e. The number of carbonyl (C=O) groups is 2. The highest BCUT2D eigenvalue weighted by atomic mass is 32.2. The van der Waals surface area contributed by atoms with Gasteiger partial charge >= 0.3 is 6.03 Å². The second-order valence-corrected chi connectivity index (χ2v) is 7.16. The first-order valence-electron chi connectivity index (χ1n) is 8.44. The molecular formula is C18H20FN5O2S. The first-order valence-corrected chi connectivity index (χ1v) is 9.60. The zero-order valence-corrected chi connectivity index (χ0v) is 15.4. The molecule has 3 rings (SSSR count). The number of nitrogens with two attached hydrogens (primary N) is 1. The van der Waals surface area contributed by atoms with Gasteiger partial charge in [0.05, 0.1) is 23.5 Å². The van der Waals surface area contributed by atoms with E-state index in [2.05, 4.69) is 4.98 Å². The van der Waals surface area contributed by atoms with E-state index in [9.17, 15) is 14.0 Å². The summed E-state index contributed by atoms with van der Waals surface area (Å²) >= 11 is 1.79. The lowest BCUT2D eigenvalue weighted by Crippen LogP contribution is -2.47. The van der Waals surface area contributed by atoms with Gasteiger partial charge in [0.1, 0.15) is 5.82 Å². The van der Waals surface area contributed by atoms with E-state index in [0.717, 1.165) is 11.5 Å². The molecule has 1 saturated heterocycles. The number of nitrogens with one attached hydrogen (secondary N) is 1. The van der Waals surface area contributed by atoms with Crippen molar-refractivity contribution in [2.75, 3.05) is 29.5 Å². The number of amides is 3. The number of nitrogen functional groups attached to an aromatic ring is 1. The molecule has 0 aliphatic carbocycles. The Balaban J connectivity index is 1.86. The molecule has 3 amide bonds. The molecule has 0 atom stereocenters. The highest BCUT2D eigenvalue weighted by Gasteiger charge is 2.26. The predicted octanol–water partition coefficient (Wildman–Crippen LogP) is 2.00. The molecular weight excluding hydrogens is 369 g/mol. The maximum Gasteiger partial charge on any atom is 0.324 e. The Labute approximate surface area is 160 Å². The van der Waals surface area contributed by atoms with Crippen molar-refractivity contribution in [1.82, 2.24) is 15.3 Å². The van der Waals surface area contributed by atoms with Crippen molar-refractivity contribution in [1.29, 1.82) is 0 Å². The molecule has 0 spiro atoms. The molecule has 1 aliphatic rings. The van der Waals surface area contributed by atoms with Crippen molar-refractivity contribution in [3.8, 4) is 0 Å². The summed E-state index contributed by atoms with van der Waals surface area (Å²) in [5.74, 6) is 5.89. The van der Waals surface area contributed by atoms with Gasteiger partial charge in [-0.15, -0.1) is 0 Å². The van der Waals surface area contributed by atoms with Crippen molar-refractivity contribution in [3.05, 3.63) is 59.7 Å². The first-order chi connectivity index (χ1) is 13.1. The Morgan fingerprint density at radius 2 is 1.96 bits per heavy atom. The molecule has 9 heteroatoms. The number of hydrazine groups is 1. The van der Waals surface area contributed by atoms with Gasteiger partial charge in [0, 0.05) is 30.8 Å². The standard InChI is InChI=1S/C18H20FN5O2S/c19-15-3-1-2-4-16(15)24(18(26)23-7-9-27-10-8-23)12-14-6-5-13(11-21-14)17(25)22-20/h1-6,11H,7-10,12,20H2,(H,22,25). The number of rotatable bonds is 4. The number of carbonyl (C=O) groups excluding carboxylic acids is 2. The second-order valence-electron chi connectivity index (χ2n) is 5.93. The third kappa shape index (κ3) is 4.55. The minimum absolute atomic E-state index is 0.0912. The van der Waals surface area contributed by atoms with E-state index in [1.165, 1.54) is 17.2 Å². The van der Waals surface area contributed by atoms with Gasteiger partial charge in [0.15, 0.2) is 0 Å². The smallest absolute Gasteiger partial charge is 0.323 e. The lowest BCUT2D eigenvalue weighted by molar-refractivity contribution is 0.0953. The molecule has 0 radical (unpaired) electrons. The predicted molar refractivity (Wildman–Crippen MR) is 103 cm³/mol. The van der Waals surface area contributed by atoms with Crippen LogP contribution in [0.3, 0.4) is 0 Å². The average molecular weight is 389 g/mol. The summed E-state index contributed by atoms with van der Waals surface area (Å²) < 4.78 is 14.4. The van der Waals surface area contributed by atoms with Gasteiger partial charge in [-0.25, -0.2) is 15.0 Å². The monoisotopic (exact) mass is 389 g/mol. The number of pyridine rings is 1. The number of hydrogen-bond donors (Lipinski definition) is 2. The summed E-state index contributed by atoms with van der Waals surface area (Å²) in [5.41, 5.74) is 3.07. The highest BCUT2D eigenvalue weighted by molar-refractivity contribution is 7.99. The molecule has 142 valence electrons. The number of halogens is 1. The van der Waals surface area contributed by atoms with Gasteiger partial charge in [-0.1, -0.05) is 12.1 Å². The Morgan fingerprint density at radius 1 is 1.22 bits per heavy atom. The third-order valence-electron chi connectivity index (χ3n) is 4.19. The topological polar surface area (TPSA) is 91.6 Å². The number of anilines is 1. The van der Waals surface area contributed by atoms with Gasteiger partial charge in [-0.3, -0.25) is 20.1 Å². The van der Waals surface area contributed by atoms with E-state index in [1.807, 2.05) is 5.43 Å². The zero-order chi connectivity index (χ0) is 19.2. The maximum atomic E-state index is 14.4. The summed E-state index contributed by atoms with van der Waals surface area (Å²) in [5, 5.41) is 0. The first kappa shape index (κ1) is 19.1. The van der Waals surface area contributed by atoms with Gasteiger partial charge in [0.2, 0.25) is 0 Å². The molecule has 3 N–H and O–H groups in total.